The smallest absolute Gasteiger partial charge is 0.240 e. The zero-order valence-corrected chi connectivity index (χ0v) is 13.9. The summed E-state index contributed by atoms with van der Waals surface area (Å²) in [6.07, 6.45) is 2.67. The summed E-state index contributed by atoms with van der Waals surface area (Å²) < 4.78 is 0. The van der Waals surface area contributed by atoms with Gasteiger partial charge in [-0.1, -0.05) is 6.92 Å². The Morgan fingerprint density at radius 3 is 3.00 bits per heavy atom. The second kappa shape index (κ2) is 7.33. The lowest BCUT2D eigenvalue weighted by Gasteiger charge is -2.33. The molecular weight excluding hydrogens is 286 g/mol. The third-order valence-corrected chi connectivity index (χ3v) is 4.99. The largest absolute Gasteiger partial charge is 0.393 e. The molecule has 0 spiro atoms. The molecule has 2 N–H and O–H groups in total. The molecule has 5 nitrogen and oxygen atoms in total. The molecule has 0 aliphatic carbocycles. The van der Waals surface area contributed by atoms with Gasteiger partial charge >= 0.3 is 0 Å². The van der Waals surface area contributed by atoms with E-state index in [0.717, 1.165) is 38.0 Å². The molecule has 0 bridgehead atoms. The number of rotatable bonds is 5. The second-order valence-corrected chi connectivity index (χ2v) is 7.00. The van der Waals surface area contributed by atoms with E-state index in [4.69, 9.17) is 0 Å². The van der Waals surface area contributed by atoms with Crippen molar-refractivity contribution in [1.82, 2.24) is 9.88 Å². The van der Waals surface area contributed by atoms with Gasteiger partial charge in [-0.25, -0.2) is 4.98 Å². The Morgan fingerprint density at radius 2 is 2.38 bits per heavy atom. The van der Waals surface area contributed by atoms with Crippen molar-refractivity contribution in [2.75, 3.05) is 25.0 Å². The van der Waals surface area contributed by atoms with Crippen LogP contribution in [0.5, 0.6) is 0 Å². The monoisotopic (exact) mass is 311 g/mol. The SMILES string of the molecule is CCc1nc(NC(=O)CN2CCCC(C(C)O)C2)sc1C. The van der Waals surface area contributed by atoms with Crippen LogP contribution < -0.4 is 5.32 Å². The molecule has 0 radical (unpaired) electrons. The first-order chi connectivity index (χ1) is 9.99. The molecule has 2 rings (SSSR count). The van der Waals surface area contributed by atoms with Gasteiger partial charge in [-0.05, 0) is 45.6 Å². The molecular formula is C15H25N3O2S. The fraction of sp³-hybridized carbons (Fsp3) is 0.733. The van der Waals surface area contributed by atoms with Crippen LogP contribution in [0.1, 0.15) is 37.3 Å². The summed E-state index contributed by atoms with van der Waals surface area (Å²) in [5.41, 5.74) is 1.06. The predicted octanol–water partition coefficient (Wildman–Crippen LogP) is 2.05. The molecule has 2 heterocycles. The molecule has 118 valence electrons. The summed E-state index contributed by atoms with van der Waals surface area (Å²) in [4.78, 5) is 19.8. The Labute approximate surface area is 130 Å². The van der Waals surface area contributed by atoms with E-state index in [0.29, 0.717) is 11.7 Å². The van der Waals surface area contributed by atoms with Crippen molar-refractivity contribution >= 4 is 22.4 Å². The molecule has 1 aromatic rings. The fourth-order valence-corrected chi connectivity index (χ4v) is 3.72. The average Bonchev–Trinajstić information content (AvgIpc) is 2.78. The van der Waals surface area contributed by atoms with E-state index >= 15 is 0 Å². The average molecular weight is 311 g/mol. The van der Waals surface area contributed by atoms with Crippen molar-refractivity contribution < 1.29 is 9.90 Å². The molecule has 0 aromatic carbocycles. The molecule has 6 heteroatoms. The van der Waals surface area contributed by atoms with Crippen molar-refractivity contribution in [3.63, 3.8) is 0 Å². The van der Waals surface area contributed by atoms with Gasteiger partial charge in [0.15, 0.2) is 5.13 Å². The van der Waals surface area contributed by atoms with Gasteiger partial charge in [-0.3, -0.25) is 9.69 Å². The predicted molar refractivity (Wildman–Crippen MR) is 85.7 cm³/mol. The van der Waals surface area contributed by atoms with Crippen molar-refractivity contribution in [1.29, 1.82) is 0 Å². The number of likely N-dealkylation sites (tertiary alicyclic amines) is 1. The standard InChI is InChI=1S/C15H25N3O2S/c1-4-13-11(3)21-15(16-13)17-14(20)9-18-7-5-6-12(8-18)10(2)19/h10,12,19H,4-9H2,1-3H3,(H,16,17,20). The fourth-order valence-electron chi connectivity index (χ4n) is 2.80. The molecule has 2 unspecified atom stereocenters. The number of aryl methyl sites for hydroxylation is 2. The molecule has 1 aromatic heterocycles. The molecule has 0 saturated carbocycles. The van der Waals surface area contributed by atoms with Crippen molar-refractivity contribution in [2.24, 2.45) is 5.92 Å². The number of piperidine rings is 1. The van der Waals surface area contributed by atoms with E-state index in [2.05, 4.69) is 22.1 Å². The lowest BCUT2D eigenvalue weighted by Crippen LogP contribution is -2.43. The number of anilines is 1. The number of carbonyl (C=O) groups excluding carboxylic acids is 1. The summed E-state index contributed by atoms with van der Waals surface area (Å²) >= 11 is 1.53. The normalized spacial score (nSPS) is 21.2. The zero-order chi connectivity index (χ0) is 15.4. The minimum atomic E-state index is -0.301. The number of aromatic nitrogens is 1. The number of thiazole rings is 1. The van der Waals surface area contributed by atoms with Gasteiger partial charge in [0.05, 0.1) is 18.3 Å². The number of nitrogens with zero attached hydrogens (tertiary/aromatic N) is 2. The quantitative estimate of drug-likeness (QED) is 0.873. The van der Waals surface area contributed by atoms with Crippen molar-refractivity contribution in [3.05, 3.63) is 10.6 Å². The lowest BCUT2D eigenvalue weighted by atomic mass is 9.93. The van der Waals surface area contributed by atoms with Crippen LogP contribution in [0, 0.1) is 12.8 Å². The van der Waals surface area contributed by atoms with Gasteiger partial charge in [0, 0.05) is 11.4 Å². The van der Waals surface area contributed by atoms with Crippen LogP contribution in [-0.4, -0.2) is 46.6 Å². The number of amides is 1. The van der Waals surface area contributed by atoms with Gasteiger partial charge in [-0.15, -0.1) is 11.3 Å². The topological polar surface area (TPSA) is 65.5 Å². The molecule has 1 amide bonds. The highest BCUT2D eigenvalue weighted by Gasteiger charge is 2.24. The summed E-state index contributed by atoms with van der Waals surface area (Å²) in [5.74, 6) is 0.262. The molecule has 21 heavy (non-hydrogen) atoms. The molecule has 1 saturated heterocycles. The van der Waals surface area contributed by atoms with Gasteiger partial charge in [0.25, 0.3) is 0 Å². The third kappa shape index (κ3) is 4.49. The highest BCUT2D eigenvalue weighted by Crippen LogP contribution is 2.23. The minimum Gasteiger partial charge on any atom is -0.393 e. The maximum atomic E-state index is 12.1. The Hall–Kier alpha value is -0.980. The molecule has 2 atom stereocenters. The van der Waals surface area contributed by atoms with Crippen LogP contribution >= 0.6 is 11.3 Å². The number of carbonyl (C=O) groups is 1. The highest BCUT2D eigenvalue weighted by atomic mass is 32.1. The van der Waals surface area contributed by atoms with Gasteiger partial charge in [-0.2, -0.15) is 0 Å². The summed E-state index contributed by atoms with van der Waals surface area (Å²) in [6.45, 7) is 8.03. The van der Waals surface area contributed by atoms with E-state index < -0.39 is 0 Å². The van der Waals surface area contributed by atoms with E-state index in [9.17, 15) is 9.90 Å². The molecule has 1 aliphatic heterocycles. The maximum absolute atomic E-state index is 12.1. The van der Waals surface area contributed by atoms with E-state index in [1.54, 1.807) is 0 Å². The van der Waals surface area contributed by atoms with Crippen LogP contribution in [0.15, 0.2) is 0 Å². The lowest BCUT2D eigenvalue weighted by molar-refractivity contribution is -0.118. The maximum Gasteiger partial charge on any atom is 0.240 e. The molecule has 1 fully saturated rings. The van der Waals surface area contributed by atoms with Crippen LogP contribution in [0.2, 0.25) is 0 Å². The van der Waals surface area contributed by atoms with Crippen molar-refractivity contribution in [2.45, 2.75) is 46.1 Å². The van der Waals surface area contributed by atoms with Crippen LogP contribution in [-0.2, 0) is 11.2 Å². The Bertz CT molecular complexity index is 487. The van der Waals surface area contributed by atoms with Gasteiger partial charge in [0.1, 0.15) is 0 Å². The zero-order valence-electron chi connectivity index (χ0n) is 13.1. The van der Waals surface area contributed by atoms with Crippen LogP contribution in [0.4, 0.5) is 5.13 Å². The summed E-state index contributed by atoms with van der Waals surface area (Å²) in [5, 5.41) is 13.3. The number of aliphatic hydroxyl groups excluding tert-OH is 1. The van der Waals surface area contributed by atoms with E-state index in [1.165, 1.54) is 16.2 Å². The van der Waals surface area contributed by atoms with Crippen LogP contribution in [0.3, 0.4) is 0 Å². The number of hydrogen-bond acceptors (Lipinski definition) is 5. The van der Waals surface area contributed by atoms with E-state index in [-0.39, 0.29) is 17.9 Å². The summed E-state index contributed by atoms with van der Waals surface area (Å²) in [6, 6.07) is 0. The van der Waals surface area contributed by atoms with Crippen LogP contribution in [0.25, 0.3) is 0 Å². The van der Waals surface area contributed by atoms with Gasteiger partial charge < -0.3 is 10.4 Å². The Kier molecular flexibility index (Phi) is 5.72. The Morgan fingerprint density at radius 1 is 1.62 bits per heavy atom. The number of aliphatic hydroxyl groups is 1. The number of hydrogen-bond donors (Lipinski definition) is 2. The second-order valence-electron chi connectivity index (χ2n) is 5.80. The first kappa shape index (κ1) is 16.4. The summed E-state index contributed by atoms with van der Waals surface area (Å²) in [7, 11) is 0. The molecule has 1 aliphatic rings. The number of nitrogens with one attached hydrogen (secondary N) is 1. The highest BCUT2D eigenvalue weighted by molar-refractivity contribution is 7.15. The van der Waals surface area contributed by atoms with Crippen molar-refractivity contribution in [3.8, 4) is 0 Å². The first-order valence-electron chi connectivity index (χ1n) is 7.66. The Balaban J connectivity index is 1.86. The third-order valence-electron chi connectivity index (χ3n) is 4.07. The van der Waals surface area contributed by atoms with Gasteiger partial charge in [0.2, 0.25) is 5.91 Å². The minimum absolute atomic E-state index is 0.0161. The van der Waals surface area contributed by atoms with E-state index in [1.807, 2.05) is 13.8 Å². The first-order valence-corrected chi connectivity index (χ1v) is 8.47.